The summed E-state index contributed by atoms with van der Waals surface area (Å²) < 4.78 is 0. The number of nitrogens with zero attached hydrogens (tertiary/aromatic N) is 2. The average Bonchev–Trinajstić information content (AvgIpc) is 2.38. The maximum absolute atomic E-state index is 12.3. The van der Waals surface area contributed by atoms with E-state index in [-0.39, 0.29) is 12.1 Å². The number of nitrogens with two attached hydrogens (primary N) is 1. The van der Waals surface area contributed by atoms with Crippen LogP contribution in [0.3, 0.4) is 0 Å². The van der Waals surface area contributed by atoms with Crippen molar-refractivity contribution in [1.29, 1.82) is 0 Å². The van der Waals surface area contributed by atoms with Crippen LogP contribution in [0.25, 0.3) is 0 Å². The monoisotopic (exact) mass is 278 g/mol. The van der Waals surface area contributed by atoms with Crippen molar-refractivity contribution in [3.63, 3.8) is 0 Å². The SMILES string of the molecule is CCN(C(=O)Nc1cccc(CN)c1)C(C)CN(C)C. The van der Waals surface area contributed by atoms with Gasteiger partial charge in [0.25, 0.3) is 0 Å². The van der Waals surface area contributed by atoms with Crippen molar-refractivity contribution in [3.8, 4) is 0 Å². The summed E-state index contributed by atoms with van der Waals surface area (Å²) in [6, 6.07) is 7.71. The van der Waals surface area contributed by atoms with Crippen LogP contribution < -0.4 is 11.1 Å². The van der Waals surface area contributed by atoms with Crippen molar-refractivity contribution in [2.24, 2.45) is 5.73 Å². The van der Waals surface area contributed by atoms with Gasteiger partial charge >= 0.3 is 6.03 Å². The molecule has 0 aliphatic rings. The summed E-state index contributed by atoms with van der Waals surface area (Å²) >= 11 is 0. The van der Waals surface area contributed by atoms with Crippen LogP contribution in [0.2, 0.25) is 0 Å². The van der Waals surface area contributed by atoms with Gasteiger partial charge in [0.1, 0.15) is 0 Å². The molecule has 1 aromatic carbocycles. The standard InChI is InChI=1S/C15H26N4O/c1-5-19(12(2)11-18(3)4)15(20)17-14-8-6-7-13(9-14)10-16/h6-9,12H,5,10-11,16H2,1-4H3,(H,17,20). The van der Waals surface area contributed by atoms with Crippen molar-refractivity contribution in [1.82, 2.24) is 9.80 Å². The van der Waals surface area contributed by atoms with Crippen molar-refractivity contribution in [3.05, 3.63) is 29.8 Å². The zero-order valence-corrected chi connectivity index (χ0v) is 12.9. The molecule has 20 heavy (non-hydrogen) atoms. The highest BCUT2D eigenvalue weighted by Gasteiger charge is 2.18. The molecule has 0 fully saturated rings. The summed E-state index contributed by atoms with van der Waals surface area (Å²) in [7, 11) is 4.01. The molecule has 0 aliphatic carbocycles. The van der Waals surface area contributed by atoms with Gasteiger partial charge in [0.2, 0.25) is 0 Å². The number of urea groups is 1. The maximum Gasteiger partial charge on any atom is 0.322 e. The molecule has 5 nitrogen and oxygen atoms in total. The first-order valence-electron chi connectivity index (χ1n) is 6.99. The van der Waals surface area contributed by atoms with Crippen LogP contribution >= 0.6 is 0 Å². The van der Waals surface area contributed by atoms with Gasteiger partial charge in [0.15, 0.2) is 0 Å². The summed E-state index contributed by atoms with van der Waals surface area (Å²) in [4.78, 5) is 16.2. The van der Waals surface area contributed by atoms with Gasteiger partial charge < -0.3 is 20.9 Å². The predicted octanol–water partition coefficient (Wildman–Crippen LogP) is 1.95. The molecule has 2 amide bonds. The Hall–Kier alpha value is -1.59. The normalized spacial score (nSPS) is 12.3. The summed E-state index contributed by atoms with van der Waals surface area (Å²) in [5.74, 6) is 0. The molecule has 1 unspecified atom stereocenters. The van der Waals surface area contributed by atoms with Crippen LogP contribution in [0.15, 0.2) is 24.3 Å². The minimum atomic E-state index is -0.0731. The van der Waals surface area contributed by atoms with Crippen LogP contribution in [-0.2, 0) is 6.54 Å². The Kier molecular flexibility index (Phi) is 6.48. The van der Waals surface area contributed by atoms with Gasteiger partial charge in [-0.05, 0) is 45.6 Å². The smallest absolute Gasteiger partial charge is 0.322 e. The fourth-order valence-electron chi connectivity index (χ4n) is 2.25. The molecule has 3 N–H and O–H groups in total. The molecule has 0 saturated heterocycles. The van der Waals surface area contributed by atoms with Gasteiger partial charge in [-0.1, -0.05) is 12.1 Å². The van der Waals surface area contributed by atoms with Gasteiger partial charge in [0.05, 0.1) is 0 Å². The second-order valence-corrected chi connectivity index (χ2v) is 5.23. The minimum Gasteiger partial charge on any atom is -0.326 e. The van der Waals surface area contributed by atoms with E-state index in [0.717, 1.165) is 17.8 Å². The molecule has 0 saturated carbocycles. The Morgan fingerprint density at radius 3 is 2.65 bits per heavy atom. The van der Waals surface area contributed by atoms with E-state index in [0.29, 0.717) is 13.1 Å². The quantitative estimate of drug-likeness (QED) is 0.836. The highest BCUT2D eigenvalue weighted by molar-refractivity contribution is 5.89. The van der Waals surface area contributed by atoms with E-state index in [1.54, 1.807) is 0 Å². The lowest BCUT2D eigenvalue weighted by Crippen LogP contribution is -2.45. The fourth-order valence-corrected chi connectivity index (χ4v) is 2.25. The minimum absolute atomic E-state index is 0.0731. The lowest BCUT2D eigenvalue weighted by molar-refractivity contribution is 0.181. The molecule has 0 bridgehead atoms. The van der Waals surface area contributed by atoms with Gasteiger partial charge in [-0.25, -0.2) is 4.79 Å². The molecule has 0 heterocycles. The first-order chi connectivity index (χ1) is 9.47. The van der Waals surface area contributed by atoms with E-state index in [1.807, 2.05) is 50.2 Å². The van der Waals surface area contributed by atoms with E-state index < -0.39 is 0 Å². The maximum atomic E-state index is 12.3. The molecule has 0 spiro atoms. The van der Waals surface area contributed by atoms with Crippen molar-refractivity contribution >= 4 is 11.7 Å². The molecule has 5 heteroatoms. The molecule has 1 atom stereocenters. The van der Waals surface area contributed by atoms with E-state index in [4.69, 9.17) is 5.73 Å². The van der Waals surface area contributed by atoms with Crippen LogP contribution in [0, 0.1) is 0 Å². The van der Waals surface area contributed by atoms with Crippen molar-refractivity contribution in [2.75, 3.05) is 32.5 Å². The predicted molar refractivity (Wildman–Crippen MR) is 83.7 cm³/mol. The molecule has 1 rings (SSSR count). The second-order valence-electron chi connectivity index (χ2n) is 5.23. The van der Waals surface area contributed by atoms with Gasteiger partial charge in [0, 0.05) is 31.4 Å². The largest absolute Gasteiger partial charge is 0.326 e. The number of hydrogen-bond donors (Lipinski definition) is 2. The first kappa shape index (κ1) is 16.5. The third-order valence-corrected chi connectivity index (χ3v) is 3.18. The van der Waals surface area contributed by atoms with E-state index >= 15 is 0 Å². The second kappa shape index (κ2) is 7.87. The van der Waals surface area contributed by atoms with Gasteiger partial charge in [-0.15, -0.1) is 0 Å². The number of anilines is 1. The van der Waals surface area contributed by atoms with Crippen molar-refractivity contribution < 1.29 is 4.79 Å². The van der Waals surface area contributed by atoms with Crippen LogP contribution in [0.4, 0.5) is 10.5 Å². The molecule has 1 aromatic rings. The zero-order valence-electron chi connectivity index (χ0n) is 12.9. The molecular weight excluding hydrogens is 252 g/mol. The highest BCUT2D eigenvalue weighted by Crippen LogP contribution is 2.12. The number of carbonyl (C=O) groups is 1. The molecule has 0 radical (unpaired) electrons. The molecular formula is C15H26N4O. The Morgan fingerprint density at radius 1 is 1.40 bits per heavy atom. The number of hydrogen-bond acceptors (Lipinski definition) is 3. The fraction of sp³-hybridized carbons (Fsp3) is 0.533. The molecule has 0 aromatic heterocycles. The Bertz CT molecular complexity index is 434. The summed E-state index contributed by atoms with van der Waals surface area (Å²) in [6.45, 7) is 6.03. The summed E-state index contributed by atoms with van der Waals surface area (Å²) in [6.07, 6.45) is 0. The lowest BCUT2D eigenvalue weighted by Gasteiger charge is -2.30. The lowest BCUT2D eigenvalue weighted by atomic mass is 10.2. The number of carbonyl (C=O) groups excluding carboxylic acids is 1. The Morgan fingerprint density at radius 2 is 2.10 bits per heavy atom. The Labute approximate surface area is 121 Å². The highest BCUT2D eigenvalue weighted by atomic mass is 16.2. The summed E-state index contributed by atoms with van der Waals surface area (Å²) in [5, 5.41) is 2.93. The van der Waals surface area contributed by atoms with Gasteiger partial charge in [-0.2, -0.15) is 0 Å². The molecule has 0 aliphatic heterocycles. The van der Waals surface area contributed by atoms with E-state index in [1.165, 1.54) is 0 Å². The third kappa shape index (κ3) is 4.83. The van der Waals surface area contributed by atoms with Crippen molar-refractivity contribution in [2.45, 2.75) is 26.4 Å². The van der Waals surface area contributed by atoms with Gasteiger partial charge in [-0.3, -0.25) is 0 Å². The zero-order chi connectivity index (χ0) is 15.1. The van der Waals surface area contributed by atoms with Crippen LogP contribution in [0.5, 0.6) is 0 Å². The number of benzene rings is 1. The third-order valence-electron chi connectivity index (χ3n) is 3.18. The number of nitrogens with one attached hydrogen (secondary N) is 1. The molecule has 112 valence electrons. The van der Waals surface area contributed by atoms with E-state index in [2.05, 4.69) is 17.1 Å². The Balaban J connectivity index is 2.71. The number of likely N-dealkylation sites (N-methyl/N-ethyl adjacent to an activating group) is 2. The number of rotatable bonds is 6. The van der Waals surface area contributed by atoms with Crippen LogP contribution in [0.1, 0.15) is 19.4 Å². The number of amides is 2. The average molecular weight is 278 g/mol. The van der Waals surface area contributed by atoms with Crippen LogP contribution in [-0.4, -0.2) is 49.1 Å². The topological polar surface area (TPSA) is 61.6 Å². The van der Waals surface area contributed by atoms with E-state index in [9.17, 15) is 4.79 Å². The first-order valence-corrected chi connectivity index (χ1v) is 6.99. The summed E-state index contributed by atoms with van der Waals surface area (Å²) in [5.41, 5.74) is 7.40.